The lowest BCUT2D eigenvalue weighted by Gasteiger charge is -2.20. The van der Waals surface area contributed by atoms with Crippen LogP contribution in [-0.2, 0) is 19.5 Å². The lowest BCUT2D eigenvalue weighted by Crippen LogP contribution is -2.42. The van der Waals surface area contributed by atoms with E-state index in [9.17, 15) is 4.79 Å². The van der Waals surface area contributed by atoms with Gasteiger partial charge in [-0.15, -0.1) is 0 Å². The van der Waals surface area contributed by atoms with Gasteiger partial charge in [0.15, 0.2) is 0 Å². The largest absolute Gasteiger partial charge is 0.335 e. The number of urea groups is 1. The van der Waals surface area contributed by atoms with Crippen LogP contribution in [0, 0.1) is 0 Å². The molecule has 2 aromatic heterocycles. The number of fused-ring (bicyclic) bond motifs is 1. The van der Waals surface area contributed by atoms with Crippen molar-refractivity contribution in [3.05, 3.63) is 30.4 Å². The van der Waals surface area contributed by atoms with Crippen molar-refractivity contribution in [1.29, 1.82) is 0 Å². The minimum atomic E-state index is 0.0612. The summed E-state index contributed by atoms with van der Waals surface area (Å²) in [6.07, 6.45) is 8.15. The quantitative estimate of drug-likeness (QED) is 0.881. The molecule has 1 aliphatic carbocycles. The van der Waals surface area contributed by atoms with Crippen LogP contribution in [0.5, 0.6) is 0 Å². The molecule has 0 aromatic carbocycles. The monoisotopic (exact) mass is 301 g/mol. The first-order valence-electron chi connectivity index (χ1n) is 7.71. The van der Waals surface area contributed by atoms with Crippen molar-refractivity contribution in [1.82, 2.24) is 34.5 Å². The van der Waals surface area contributed by atoms with E-state index in [-0.39, 0.29) is 6.03 Å². The number of carbonyl (C=O) groups excluding carboxylic acids is 1. The minimum absolute atomic E-state index is 0.0612. The molecular formula is C14H19N7O. The SMILES string of the molecule is O=C(NC1CC1)N1CCc2ncc(Cn3cncn3)n2CC1. The maximum absolute atomic E-state index is 12.2. The topological polar surface area (TPSA) is 80.9 Å². The van der Waals surface area contributed by atoms with Gasteiger partial charge < -0.3 is 14.8 Å². The van der Waals surface area contributed by atoms with Gasteiger partial charge in [0.2, 0.25) is 0 Å². The highest BCUT2D eigenvalue weighted by atomic mass is 16.2. The van der Waals surface area contributed by atoms with E-state index in [1.54, 1.807) is 11.0 Å². The van der Waals surface area contributed by atoms with Crippen LogP contribution in [-0.4, -0.2) is 54.4 Å². The molecule has 1 fully saturated rings. The molecule has 0 unspecified atom stereocenters. The van der Waals surface area contributed by atoms with Crippen molar-refractivity contribution in [2.24, 2.45) is 0 Å². The Labute approximate surface area is 128 Å². The Morgan fingerprint density at radius 3 is 3.00 bits per heavy atom. The Balaban J connectivity index is 1.45. The summed E-state index contributed by atoms with van der Waals surface area (Å²) < 4.78 is 3.98. The number of carbonyl (C=O) groups is 1. The molecule has 0 spiro atoms. The zero-order chi connectivity index (χ0) is 14.9. The zero-order valence-electron chi connectivity index (χ0n) is 12.4. The number of aromatic nitrogens is 5. The summed E-state index contributed by atoms with van der Waals surface area (Å²) in [6.45, 7) is 2.86. The molecule has 8 heteroatoms. The number of imidazole rings is 1. The minimum Gasteiger partial charge on any atom is -0.335 e. The van der Waals surface area contributed by atoms with Gasteiger partial charge in [-0.2, -0.15) is 5.10 Å². The lowest BCUT2D eigenvalue weighted by molar-refractivity contribution is 0.198. The predicted molar refractivity (Wildman–Crippen MR) is 78.2 cm³/mol. The van der Waals surface area contributed by atoms with Crippen LogP contribution >= 0.6 is 0 Å². The first kappa shape index (κ1) is 13.3. The second kappa shape index (κ2) is 5.43. The van der Waals surface area contributed by atoms with E-state index in [0.29, 0.717) is 19.1 Å². The van der Waals surface area contributed by atoms with Crippen LogP contribution in [0.15, 0.2) is 18.9 Å². The molecule has 0 atom stereocenters. The van der Waals surface area contributed by atoms with Crippen molar-refractivity contribution in [3.63, 3.8) is 0 Å². The second-order valence-electron chi connectivity index (χ2n) is 5.87. The first-order valence-corrected chi connectivity index (χ1v) is 7.71. The third-order valence-electron chi connectivity index (χ3n) is 4.20. The average Bonchev–Trinajstić information content (AvgIpc) is 3.11. The molecular weight excluding hydrogens is 282 g/mol. The maximum atomic E-state index is 12.2. The lowest BCUT2D eigenvalue weighted by atomic mass is 10.4. The molecule has 0 saturated heterocycles. The van der Waals surface area contributed by atoms with Gasteiger partial charge in [0.25, 0.3) is 0 Å². The molecule has 2 aromatic rings. The van der Waals surface area contributed by atoms with E-state index < -0.39 is 0 Å². The number of nitrogens with one attached hydrogen (secondary N) is 1. The number of rotatable bonds is 3. The van der Waals surface area contributed by atoms with Crippen molar-refractivity contribution >= 4 is 6.03 Å². The Morgan fingerprint density at radius 1 is 1.32 bits per heavy atom. The van der Waals surface area contributed by atoms with Gasteiger partial charge in [0, 0.05) is 32.1 Å². The van der Waals surface area contributed by atoms with Crippen molar-refractivity contribution in [2.45, 2.75) is 38.4 Å². The van der Waals surface area contributed by atoms with E-state index in [4.69, 9.17) is 0 Å². The molecule has 1 aliphatic heterocycles. The summed E-state index contributed by atoms with van der Waals surface area (Å²) in [7, 11) is 0. The fourth-order valence-electron chi connectivity index (χ4n) is 2.80. The van der Waals surface area contributed by atoms with Gasteiger partial charge >= 0.3 is 6.03 Å². The van der Waals surface area contributed by atoms with E-state index in [2.05, 4.69) is 25.0 Å². The summed E-state index contributed by atoms with van der Waals surface area (Å²) in [4.78, 5) is 22.5. The second-order valence-corrected chi connectivity index (χ2v) is 5.87. The third-order valence-corrected chi connectivity index (χ3v) is 4.20. The number of amides is 2. The van der Waals surface area contributed by atoms with E-state index in [1.807, 2.05) is 11.1 Å². The molecule has 3 heterocycles. The van der Waals surface area contributed by atoms with Crippen LogP contribution in [0.3, 0.4) is 0 Å². The standard InChI is InChI=1S/C14H19N7O/c22-14(18-11-1-2-11)19-4-3-13-16-7-12(21(13)6-5-19)8-20-10-15-9-17-20/h7,9-11H,1-6,8H2,(H,18,22). The number of nitrogens with zero attached hydrogens (tertiary/aromatic N) is 6. The van der Waals surface area contributed by atoms with Gasteiger partial charge in [-0.3, -0.25) is 0 Å². The Morgan fingerprint density at radius 2 is 2.23 bits per heavy atom. The molecule has 2 aliphatic rings. The normalized spacial score (nSPS) is 17.9. The van der Waals surface area contributed by atoms with Gasteiger partial charge in [-0.05, 0) is 12.8 Å². The Hall–Kier alpha value is -2.38. The van der Waals surface area contributed by atoms with Crippen molar-refractivity contribution in [2.75, 3.05) is 13.1 Å². The number of hydrogen-bond donors (Lipinski definition) is 1. The molecule has 0 bridgehead atoms. The van der Waals surface area contributed by atoms with Crippen molar-refractivity contribution in [3.8, 4) is 0 Å². The van der Waals surface area contributed by atoms with Gasteiger partial charge in [0.1, 0.15) is 18.5 Å². The summed E-state index contributed by atoms with van der Waals surface area (Å²) in [6, 6.07) is 0.460. The summed E-state index contributed by atoms with van der Waals surface area (Å²) in [5.41, 5.74) is 1.10. The van der Waals surface area contributed by atoms with Gasteiger partial charge in [0.05, 0.1) is 18.4 Å². The molecule has 4 rings (SSSR count). The van der Waals surface area contributed by atoms with Crippen molar-refractivity contribution < 1.29 is 4.79 Å². The third kappa shape index (κ3) is 2.68. The van der Waals surface area contributed by atoms with Gasteiger partial charge in [-0.1, -0.05) is 0 Å². The zero-order valence-corrected chi connectivity index (χ0v) is 12.4. The summed E-state index contributed by atoms with van der Waals surface area (Å²) in [5, 5.41) is 7.19. The van der Waals surface area contributed by atoms with Crippen LogP contribution in [0.25, 0.3) is 0 Å². The molecule has 2 amide bonds. The van der Waals surface area contributed by atoms with Gasteiger partial charge in [-0.25, -0.2) is 19.4 Å². The molecule has 8 nitrogen and oxygen atoms in total. The molecule has 0 radical (unpaired) electrons. The summed E-state index contributed by atoms with van der Waals surface area (Å²) in [5.74, 6) is 1.04. The van der Waals surface area contributed by atoms with E-state index in [1.165, 1.54) is 6.33 Å². The number of hydrogen-bond acceptors (Lipinski definition) is 4. The Bertz CT molecular complexity index is 659. The molecule has 1 N–H and O–H groups in total. The predicted octanol–water partition coefficient (Wildman–Crippen LogP) is 0.253. The highest BCUT2D eigenvalue weighted by Gasteiger charge is 2.27. The highest BCUT2D eigenvalue weighted by molar-refractivity contribution is 5.74. The summed E-state index contributed by atoms with van der Waals surface area (Å²) >= 11 is 0. The van der Waals surface area contributed by atoms with E-state index in [0.717, 1.165) is 43.9 Å². The molecule has 116 valence electrons. The van der Waals surface area contributed by atoms with Crippen LogP contribution in [0.1, 0.15) is 24.4 Å². The van der Waals surface area contributed by atoms with Crippen LogP contribution in [0.4, 0.5) is 4.79 Å². The Kier molecular flexibility index (Phi) is 3.28. The smallest absolute Gasteiger partial charge is 0.317 e. The fraction of sp³-hybridized carbons (Fsp3) is 0.571. The first-order chi connectivity index (χ1) is 10.8. The highest BCUT2D eigenvalue weighted by Crippen LogP contribution is 2.19. The fourth-order valence-corrected chi connectivity index (χ4v) is 2.80. The van der Waals surface area contributed by atoms with Crippen LogP contribution < -0.4 is 5.32 Å². The average molecular weight is 301 g/mol. The van der Waals surface area contributed by atoms with Crippen LogP contribution in [0.2, 0.25) is 0 Å². The molecule has 1 saturated carbocycles. The maximum Gasteiger partial charge on any atom is 0.317 e. The molecule has 22 heavy (non-hydrogen) atoms. The van der Waals surface area contributed by atoms with E-state index >= 15 is 0 Å².